The fourth-order valence-corrected chi connectivity index (χ4v) is 1.53. The van der Waals surface area contributed by atoms with Crippen LogP contribution in [0.3, 0.4) is 0 Å². The third-order valence-electron chi connectivity index (χ3n) is 2.41. The summed E-state index contributed by atoms with van der Waals surface area (Å²) in [6.07, 6.45) is 5.00. The molecule has 3 aromatic rings. The normalized spacial score (nSPS) is 10.8. The van der Waals surface area contributed by atoms with E-state index in [-0.39, 0.29) is 11.5 Å². The Kier molecular flexibility index (Phi) is 2.39. The Hall–Kier alpha value is -3.37. The van der Waals surface area contributed by atoms with Crippen LogP contribution in [0.25, 0.3) is 11.5 Å². The molecule has 11 heteroatoms. The summed E-state index contributed by atoms with van der Waals surface area (Å²) in [5, 5.41) is 28.7. The molecule has 0 N–H and O–H groups in total. The number of rotatable bonds is 3. The molecule has 0 radical (unpaired) electrons. The number of aromatic nitrogens is 6. The third-order valence-corrected chi connectivity index (χ3v) is 2.41. The van der Waals surface area contributed by atoms with Gasteiger partial charge in [-0.05, 0) is 0 Å². The zero-order valence-corrected chi connectivity index (χ0v) is 9.57. The summed E-state index contributed by atoms with van der Waals surface area (Å²) in [6.45, 7) is 0. The minimum atomic E-state index is -1.52. The molecule has 0 saturated heterocycles. The van der Waals surface area contributed by atoms with E-state index in [1.807, 2.05) is 0 Å². The summed E-state index contributed by atoms with van der Waals surface area (Å²) in [6, 6.07) is 0. The average molecular weight is 274 g/mol. The minimum Gasteiger partial charge on any atom is -0.541 e. The highest BCUT2D eigenvalue weighted by atomic mass is 16.6. The highest BCUT2D eigenvalue weighted by molar-refractivity contribution is 5.81. The van der Waals surface area contributed by atoms with Crippen molar-refractivity contribution in [1.29, 1.82) is 0 Å². The van der Waals surface area contributed by atoms with Gasteiger partial charge in [-0.3, -0.25) is 10.1 Å². The van der Waals surface area contributed by atoms with E-state index in [1.54, 1.807) is 0 Å². The molecule has 0 atom stereocenters. The lowest BCUT2D eigenvalue weighted by Gasteiger charge is -1.99. The second-order valence-corrected chi connectivity index (χ2v) is 3.68. The molecule has 11 nitrogen and oxygen atoms in total. The standard InChI is InChI=1S/C9H5N7O4/c17-8(18)7-12-9-10-1-5(3-15(9)13-7)14-4-6(2-11-14)16(19)20/h1-4H,(H,17,18)/p-1. The van der Waals surface area contributed by atoms with Crippen molar-refractivity contribution in [3.63, 3.8) is 0 Å². The van der Waals surface area contributed by atoms with Crippen LogP contribution in [0.5, 0.6) is 0 Å². The summed E-state index contributed by atoms with van der Waals surface area (Å²) in [4.78, 5) is 28.1. The molecule has 0 bridgehead atoms. The Morgan fingerprint density at radius 2 is 2.10 bits per heavy atom. The SMILES string of the molecule is O=C([O-])c1nc2ncc(-n3cc([N+](=O)[O-])cn3)cn2n1. The van der Waals surface area contributed by atoms with E-state index in [0.717, 1.165) is 10.7 Å². The summed E-state index contributed by atoms with van der Waals surface area (Å²) in [5.41, 5.74) is 0.180. The maximum Gasteiger partial charge on any atom is 0.307 e. The first-order chi connectivity index (χ1) is 9.54. The summed E-state index contributed by atoms with van der Waals surface area (Å²) < 4.78 is 2.33. The molecule has 20 heavy (non-hydrogen) atoms. The van der Waals surface area contributed by atoms with Crippen LogP contribution in [0, 0.1) is 10.1 Å². The van der Waals surface area contributed by atoms with Crippen LogP contribution in [-0.2, 0) is 0 Å². The molecule has 0 aliphatic rings. The molecular weight excluding hydrogens is 270 g/mol. The molecule has 0 aromatic carbocycles. The van der Waals surface area contributed by atoms with Gasteiger partial charge in [0.15, 0.2) is 5.82 Å². The predicted octanol–water partition coefficient (Wildman–Crippen LogP) is -1.42. The van der Waals surface area contributed by atoms with Gasteiger partial charge in [0.2, 0.25) is 0 Å². The molecular formula is C9H4N7O4-. The summed E-state index contributed by atoms with van der Waals surface area (Å²) >= 11 is 0. The lowest BCUT2D eigenvalue weighted by Crippen LogP contribution is -2.23. The lowest BCUT2D eigenvalue weighted by atomic mass is 10.5. The van der Waals surface area contributed by atoms with Crippen LogP contribution in [0.1, 0.15) is 10.6 Å². The Morgan fingerprint density at radius 1 is 1.30 bits per heavy atom. The quantitative estimate of drug-likeness (QED) is 0.418. The number of carbonyl (C=O) groups excluding carboxylic acids is 1. The fraction of sp³-hybridized carbons (Fsp3) is 0. The van der Waals surface area contributed by atoms with Crippen molar-refractivity contribution < 1.29 is 14.8 Å². The van der Waals surface area contributed by atoms with Gasteiger partial charge in [0.25, 0.3) is 5.78 Å². The van der Waals surface area contributed by atoms with Crippen molar-refractivity contribution in [2.45, 2.75) is 0 Å². The second kappa shape index (κ2) is 4.08. The van der Waals surface area contributed by atoms with Gasteiger partial charge >= 0.3 is 5.69 Å². The highest BCUT2D eigenvalue weighted by Gasteiger charge is 2.12. The summed E-state index contributed by atoms with van der Waals surface area (Å²) in [5.74, 6) is -1.96. The Morgan fingerprint density at radius 3 is 2.75 bits per heavy atom. The van der Waals surface area contributed by atoms with E-state index in [4.69, 9.17) is 0 Å². The number of fused-ring (bicyclic) bond motifs is 1. The first-order valence-corrected chi connectivity index (χ1v) is 5.18. The van der Waals surface area contributed by atoms with Gasteiger partial charge in [-0.2, -0.15) is 10.1 Å². The van der Waals surface area contributed by atoms with Crippen molar-refractivity contribution in [3.8, 4) is 5.69 Å². The molecule has 0 spiro atoms. The predicted molar refractivity (Wildman–Crippen MR) is 58.9 cm³/mol. The number of carboxylic acid groups (broad SMARTS) is 1. The molecule has 0 amide bonds. The summed E-state index contributed by atoms with van der Waals surface area (Å²) in [7, 11) is 0. The van der Waals surface area contributed by atoms with E-state index in [9.17, 15) is 20.0 Å². The molecule has 0 aliphatic heterocycles. The monoisotopic (exact) mass is 274 g/mol. The molecule has 0 fully saturated rings. The van der Waals surface area contributed by atoms with Gasteiger partial charge in [0.1, 0.15) is 24.1 Å². The molecule has 100 valence electrons. The van der Waals surface area contributed by atoms with Crippen LogP contribution < -0.4 is 5.11 Å². The Bertz CT molecular complexity index is 836. The lowest BCUT2D eigenvalue weighted by molar-refractivity contribution is -0.384. The minimum absolute atomic E-state index is 0.0644. The largest absolute Gasteiger partial charge is 0.541 e. The van der Waals surface area contributed by atoms with E-state index >= 15 is 0 Å². The number of nitrogens with zero attached hydrogens (tertiary/aromatic N) is 7. The van der Waals surface area contributed by atoms with Crippen molar-refractivity contribution in [1.82, 2.24) is 29.4 Å². The fourth-order valence-electron chi connectivity index (χ4n) is 1.53. The third kappa shape index (κ3) is 1.82. The average Bonchev–Trinajstić information content (AvgIpc) is 3.04. The molecule has 3 heterocycles. The van der Waals surface area contributed by atoms with Crippen molar-refractivity contribution in [3.05, 3.63) is 40.7 Å². The number of hydrogen-bond donors (Lipinski definition) is 0. The van der Waals surface area contributed by atoms with Gasteiger partial charge in [-0.15, -0.1) is 5.10 Å². The first-order valence-electron chi connectivity index (χ1n) is 5.18. The first kappa shape index (κ1) is 11.7. The number of hydrogen-bond acceptors (Lipinski definition) is 8. The Balaban J connectivity index is 2.07. The number of carbonyl (C=O) groups is 1. The van der Waals surface area contributed by atoms with Gasteiger partial charge in [0, 0.05) is 0 Å². The topological polar surface area (TPSA) is 144 Å². The van der Waals surface area contributed by atoms with Gasteiger partial charge < -0.3 is 9.90 Å². The van der Waals surface area contributed by atoms with Crippen molar-refractivity contribution in [2.75, 3.05) is 0 Å². The molecule has 3 rings (SSSR count). The zero-order valence-electron chi connectivity index (χ0n) is 9.57. The van der Waals surface area contributed by atoms with E-state index < -0.39 is 16.7 Å². The number of nitro groups is 1. The van der Waals surface area contributed by atoms with E-state index in [0.29, 0.717) is 5.69 Å². The van der Waals surface area contributed by atoms with Crippen LogP contribution >= 0.6 is 0 Å². The molecule has 3 aromatic heterocycles. The van der Waals surface area contributed by atoms with Gasteiger partial charge in [-0.1, -0.05) is 0 Å². The highest BCUT2D eigenvalue weighted by Crippen LogP contribution is 2.12. The zero-order chi connectivity index (χ0) is 14.3. The van der Waals surface area contributed by atoms with Crippen LogP contribution in [0.4, 0.5) is 5.69 Å². The van der Waals surface area contributed by atoms with Crippen LogP contribution in [0.15, 0.2) is 24.8 Å². The molecule has 0 unspecified atom stereocenters. The number of carboxylic acids is 1. The maximum atomic E-state index is 10.6. The van der Waals surface area contributed by atoms with Crippen molar-refractivity contribution in [2.24, 2.45) is 0 Å². The number of aromatic carboxylic acids is 1. The van der Waals surface area contributed by atoms with Crippen LogP contribution in [-0.4, -0.2) is 40.3 Å². The van der Waals surface area contributed by atoms with E-state index in [1.165, 1.54) is 23.3 Å². The second-order valence-electron chi connectivity index (χ2n) is 3.68. The Labute approximate surface area is 109 Å². The van der Waals surface area contributed by atoms with Crippen molar-refractivity contribution >= 4 is 17.4 Å². The van der Waals surface area contributed by atoms with Crippen LogP contribution in [0.2, 0.25) is 0 Å². The molecule has 0 saturated carbocycles. The van der Waals surface area contributed by atoms with Gasteiger partial charge in [0.05, 0.1) is 17.3 Å². The van der Waals surface area contributed by atoms with Gasteiger partial charge in [-0.25, -0.2) is 14.2 Å². The molecule has 0 aliphatic carbocycles. The van der Waals surface area contributed by atoms with E-state index in [2.05, 4.69) is 20.2 Å². The smallest absolute Gasteiger partial charge is 0.307 e. The maximum absolute atomic E-state index is 10.6.